The number of benzene rings is 1. The number of rotatable bonds is 4. The predicted octanol–water partition coefficient (Wildman–Crippen LogP) is 4.69. The summed E-state index contributed by atoms with van der Waals surface area (Å²) in [5.74, 6) is -0.232. The molecule has 0 spiro atoms. The van der Waals surface area contributed by atoms with Gasteiger partial charge in [-0.2, -0.15) is 0 Å². The van der Waals surface area contributed by atoms with Crippen LogP contribution in [0, 0.1) is 0 Å². The van der Waals surface area contributed by atoms with E-state index in [9.17, 15) is 9.59 Å². The number of fused-ring (bicyclic) bond motifs is 1. The molecular weight excluding hydrogens is 418 g/mol. The number of anilines is 2. The highest BCUT2D eigenvalue weighted by Crippen LogP contribution is 2.28. The lowest BCUT2D eigenvalue weighted by molar-refractivity contribution is 0.0210. The van der Waals surface area contributed by atoms with Crippen LogP contribution >= 0.6 is 0 Å². The van der Waals surface area contributed by atoms with Crippen molar-refractivity contribution in [2.24, 2.45) is 0 Å². The van der Waals surface area contributed by atoms with Crippen molar-refractivity contribution >= 4 is 34.3 Å². The summed E-state index contributed by atoms with van der Waals surface area (Å²) in [5, 5.41) is 7.34. The molecular formula is C25H29N5O3. The highest BCUT2D eigenvalue weighted by Gasteiger charge is 2.27. The van der Waals surface area contributed by atoms with Crippen LogP contribution < -0.4 is 10.6 Å². The summed E-state index contributed by atoms with van der Waals surface area (Å²) in [6.07, 6.45) is 6.30. The average molecular weight is 448 g/mol. The Kier molecular flexibility index (Phi) is 6.44. The Balaban J connectivity index is 1.46. The zero-order valence-corrected chi connectivity index (χ0v) is 19.2. The van der Waals surface area contributed by atoms with Crippen LogP contribution in [0.5, 0.6) is 0 Å². The van der Waals surface area contributed by atoms with Crippen molar-refractivity contribution in [2.45, 2.75) is 45.3 Å². The lowest BCUT2D eigenvalue weighted by Gasteiger charge is -2.34. The third kappa shape index (κ3) is 5.58. The van der Waals surface area contributed by atoms with Crippen LogP contribution in [0.25, 0.3) is 10.9 Å². The molecule has 0 radical (unpaired) electrons. The largest absolute Gasteiger partial charge is 0.444 e. The predicted molar refractivity (Wildman–Crippen MR) is 128 cm³/mol. The maximum atomic E-state index is 12.9. The van der Waals surface area contributed by atoms with E-state index in [-0.39, 0.29) is 18.0 Å². The van der Waals surface area contributed by atoms with Gasteiger partial charge in [0, 0.05) is 42.6 Å². The van der Waals surface area contributed by atoms with Crippen LogP contribution in [0.3, 0.4) is 0 Å². The number of aromatic nitrogens is 2. The molecule has 2 aromatic heterocycles. The van der Waals surface area contributed by atoms with Crippen molar-refractivity contribution in [3.8, 4) is 0 Å². The number of nitrogens with zero attached hydrogens (tertiary/aromatic N) is 3. The Bertz CT molecular complexity index is 1140. The van der Waals surface area contributed by atoms with Gasteiger partial charge in [-0.05, 0) is 70.0 Å². The zero-order valence-electron chi connectivity index (χ0n) is 19.2. The summed E-state index contributed by atoms with van der Waals surface area (Å²) < 4.78 is 5.48. The van der Waals surface area contributed by atoms with E-state index in [4.69, 9.17) is 4.74 Å². The molecule has 0 unspecified atom stereocenters. The first kappa shape index (κ1) is 22.5. The van der Waals surface area contributed by atoms with E-state index in [1.165, 1.54) is 0 Å². The van der Waals surface area contributed by atoms with Crippen molar-refractivity contribution in [1.29, 1.82) is 0 Å². The maximum Gasteiger partial charge on any atom is 0.410 e. The highest BCUT2D eigenvalue weighted by molar-refractivity contribution is 6.13. The van der Waals surface area contributed by atoms with Crippen LogP contribution in [0.1, 0.15) is 44.0 Å². The molecule has 2 amide bonds. The monoisotopic (exact) mass is 447 g/mol. The summed E-state index contributed by atoms with van der Waals surface area (Å²) in [6, 6.07) is 11.3. The SMILES string of the molecule is CC(C)(C)OC(=O)N1CCC(Nc2ccc(C(=O)Nc3cccnc3)c3ncccc23)CC1. The molecule has 1 aromatic carbocycles. The first-order chi connectivity index (χ1) is 15.8. The molecule has 3 heterocycles. The molecule has 172 valence electrons. The number of amides is 2. The maximum absolute atomic E-state index is 12.9. The second-order valence-corrected chi connectivity index (χ2v) is 9.14. The molecule has 1 aliphatic rings. The van der Waals surface area contributed by atoms with Crippen molar-refractivity contribution in [2.75, 3.05) is 23.7 Å². The van der Waals surface area contributed by atoms with Gasteiger partial charge in [0.05, 0.1) is 23.0 Å². The second-order valence-electron chi connectivity index (χ2n) is 9.14. The first-order valence-corrected chi connectivity index (χ1v) is 11.1. The Morgan fingerprint density at radius 3 is 2.52 bits per heavy atom. The Labute approximate surface area is 193 Å². The van der Waals surface area contributed by atoms with E-state index < -0.39 is 5.60 Å². The molecule has 1 fully saturated rings. The van der Waals surface area contributed by atoms with Crippen LogP contribution in [-0.2, 0) is 4.74 Å². The van der Waals surface area contributed by atoms with Gasteiger partial charge in [0.15, 0.2) is 0 Å². The van der Waals surface area contributed by atoms with Gasteiger partial charge in [-0.3, -0.25) is 14.8 Å². The lowest BCUT2D eigenvalue weighted by atomic mass is 10.0. The standard InChI is InChI=1S/C25H29N5O3/c1-25(2,3)33-24(32)30-14-10-17(11-15-30)28-21-9-8-20(22-19(21)7-5-13-27-22)23(31)29-18-6-4-12-26-16-18/h4-9,12-13,16-17,28H,10-11,14-15H2,1-3H3,(H,29,31). The fourth-order valence-electron chi connectivity index (χ4n) is 3.87. The molecule has 4 rings (SSSR count). The van der Waals surface area contributed by atoms with Crippen LogP contribution in [0.2, 0.25) is 0 Å². The molecule has 8 heteroatoms. The van der Waals surface area contributed by atoms with Gasteiger partial charge in [-0.1, -0.05) is 0 Å². The van der Waals surface area contributed by atoms with Gasteiger partial charge in [-0.15, -0.1) is 0 Å². The normalized spacial score (nSPS) is 14.7. The number of likely N-dealkylation sites (tertiary alicyclic amines) is 1. The third-order valence-electron chi connectivity index (χ3n) is 5.44. The Morgan fingerprint density at radius 1 is 1.06 bits per heavy atom. The second kappa shape index (κ2) is 9.44. The van der Waals surface area contributed by atoms with Crippen LogP contribution in [0.4, 0.5) is 16.2 Å². The number of carbonyl (C=O) groups is 2. The molecule has 1 saturated heterocycles. The summed E-state index contributed by atoms with van der Waals surface area (Å²) in [7, 11) is 0. The molecule has 3 aromatic rings. The van der Waals surface area contributed by atoms with Crippen molar-refractivity contribution in [1.82, 2.24) is 14.9 Å². The minimum Gasteiger partial charge on any atom is -0.444 e. The van der Waals surface area contributed by atoms with Crippen molar-refractivity contribution in [3.63, 3.8) is 0 Å². The quantitative estimate of drug-likeness (QED) is 0.602. The van der Waals surface area contributed by atoms with Gasteiger partial charge in [0.25, 0.3) is 5.91 Å². The van der Waals surface area contributed by atoms with Gasteiger partial charge >= 0.3 is 6.09 Å². The van der Waals surface area contributed by atoms with Crippen LogP contribution in [-0.4, -0.2) is 51.6 Å². The topological polar surface area (TPSA) is 96.5 Å². The number of nitrogens with one attached hydrogen (secondary N) is 2. The molecule has 0 atom stereocenters. The number of carbonyl (C=O) groups excluding carboxylic acids is 2. The smallest absolute Gasteiger partial charge is 0.410 e. The van der Waals surface area contributed by atoms with Crippen molar-refractivity contribution < 1.29 is 14.3 Å². The van der Waals surface area contributed by atoms with E-state index in [2.05, 4.69) is 20.6 Å². The van der Waals surface area contributed by atoms with E-state index in [1.54, 1.807) is 41.7 Å². The molecule has 0 saturated carbocycles. The van der Waals surface area contributed by atoms with Crippen LogP contribution in [0.15, 0.2) is 55.0 Å². The number of hydrogen-bond acceptors (Lipinski definition) is 6. The van der Waals surface area contributed by atoms with Gasteiger partial charge in [0.2, 0.25) is 0 Å². The fourth-order valence-corrected chi connectivity index (χ4v) is 3.87. The summed E-state index contributed by atoms with van der Waals surface area (Å²) in [4.78, 5) is 35.5. The molecule has 2 N–H and O–H groups in total. The van der Waals surface area contributed by atoms with Crippen molar-refractivity contribution in [3.05, 3.63) is 60.6 Å². The number of ether oxygens (including phenoxy) is 1. The number of hydrogen-bond donors (Lipinski definition) is 2. The van der Waals surface area contributed by atoms with Gasteiger partial charge in [0.1, 0.15) is 5.60 Å². The summed E-state index contributed by atoms with van der Waals surface area (Å²) in [5.41, 5.74) is 2.19. The number of pyridine rings is 2. The average Bonchev–Trinajstić information content (AvgIpc) is 2.79. The molecule has 0 bridgehead atoms. The molecule has 0 aliphatic carbocycles. The van der Waals surface area contributed by atoms with E-state index in [1.807, 2.05) is 39.0 Å². The summed E-state index contributed by atoms with van der Waals surface area (Å²) in [6.45, 7) is 6.89. The third-order valence-corrected chi connectivity index (χ3v) is 5.44. The Hall–Kier alpha value is -3.68. The first-order valence-electron chi connectivity index (χ1n) is 11.1. The van der Waals surface area contributed by atoms with Gasteiger partial charge < -0.3 is 20.3 Å². The van der Waals surface area contributed by atoms with Gasteiger partial charge in [-0.25, -0.2) is 4.79 Å². The highest BCUT2D eigenvalue weighted by atomic mass is 16.6. The van der Waals surface area contributed by atoms with E-state index >= 15 is 0 Å². The molecule has 1 aliphatic heterocycles. The van der Waals surface area contributed by atoms with E-state index in [0.717, 1.165) is 23.9 Å². The molecule has 33 heavy (non-hydrogen) atoms. The number of piperidine rings is 1. The summed E-state index contributed by atoms with van der Waals surface area (Å²) >= 11 is 0. The Morgan fingerprint density at radius 2 is 1.82 bits per heavy atom. The fraction of sp³-hybridized carbons (Fsp3) is 0.360. The van der Waals surface area contributed by atoms with E-state index in [0.29, 0.717) is 29.9 Å². The minimum atomic E-state index is -0.497. The molecule has 8 nitrogen and oxygen atoms in total. The lowest BCUT2D eigenvalue weighted by Crippen LogP contribution is -2.44. The minimum absolute atomic E-state index is 0.210. The zero-order chi connectivity index (χ0) is 23.4.